The molecular formula is C12H20N4O3S. The third kappa shape index (κ3) is 5.54. The summed E-state index contributed by atoms with van der Waals surface area (Å²) >= 11 is 0. The van der Waals surface area contributed by atoms with E-state index in [4.69, 9.17) is 10.9 Å². The highest BCUT2D eigenvalue weighted by atomic mass is 32.2. The Bertz CT molecular complexity index is 531. The Morgan fingerprint density at radius 3 is 2.70 bits per heavy atom. The minimum Gasteiger partial charge on any atom is -0.409 e. The Morgan fingerprint density at radius 2 is 2.15 bits per heavy atom. The maximum atomic E-state index is 12.0. The summed E-state index contributed by atoms with van der Waals surface area (Å²) in [5, 5.41) is 11.5. The summed E-state index contributed by atoms with van der Waals surface area (Å²) in [4.78, 5) is 3.87. The highest BCUT2D eigenvalue weighted by molar-refractivity contribution is 7.89. The molecule has 1 heterocycles. The normalized spacial score (nSPS) is 14.2. The van der Waals surface area contributed by atoms with E-state index < -0.39 is 16.1 Å². The highest BCUT2D eigenvalue weighted by Gasteiger charge is 2.20. The average Bonchev–Trinajstić information content (AvgIpc) is 2.45. The van der Waals surface area contributed by atoms with Gasteiger partial charge in [0.2, 0.25) is 10.0 Å². The summed E-state index contributed by atoms with van der Waals surface area (Å²) in [6.45, 7) is 1.89. The van der Waals surface area contributed by atoms with E-state index in [0.717, 1.165) is 5.56 Å². The lowest BCUT2D eigenvalue weighted by molar-refractivity contribution is 0.315. The monoisotopic (exact) mass is 300 g/mol. The van der Waals surface area contributed by atoms with Crippen LogP contribution in [0.5, 0.6) is 0 Å². The van der Waals surface area contributed by atoms with Gasteiger partial charge in [-0.3, -0.25) is 4.98 Å². The molecule has 8 heteroatoms. The fourth-order valence-corrected chi connectivity index (χ4v) is 3.00. The van der Waals surface area contributed by atoms with Gasteiger partial charge in [-0.1, -0.05) is 18.5 Å². The van der Waals surface area contributed by atoms with Crippen molar-refractivity contribution in [2.24, 2.45) is 10.9 Å². The van der Waals surface area contributed by atoms with E-state index in [1.54, 1.807) is 24.5 Å². The molecule has 4 N–H and O–H groups in total. The van der Waals surface area contributed by atoms with E-state index in [0.29, 0.717) is 19.3 Å². The van der Waals surface area contributed by atoms with E-state index in [-0.39, 0.29) is 11.6 Å². The van der Waals surface area contributed by atoms with Crippen molar-refractivity contribution in [3.8, 4) is 0 Å². The van der Waals surface area contributed by atoms with Gasteiger partial charge < -0.3 is 10.9 Å². The SMILES string of the molecule is CCCC(NS(=O)(=O)CCc1ccncc1)/C(N)=N/O. The van der Waals surface area contributed by atoms with Gasteiger partial charge >= 0.3 is 0 Å². The smallest absolute Gasteiger partial charge is 0.212 e. The van der Waals surface area contributed by atoms with Crippen LogP contribution in [0.15, 0.2) is 29.7 Å². The summed E-state index contributed by atoms with van der Waals surface area (Å²) in [5.74, 6) is -0.185. The minimum absolute atomic E-state index is 0.0596. The number of aromatic nitrogens is 1. The number of oxime groups is 1. The topological polar surface area (TPSA) is 118 Å². The molecule has 0 saturated heterocycles. The molecule has 0 amide bonds. The molecule has 1 rings (SSSR count). The van der Waals surface area contributed by atoms with Crippen LogP contribution in [0.25, 0.3) is 0 Å². The first-order valence-corrected chi connectivity index (χ1v) is 8.00. The third-order valence-corrected chi connectivity index (χ3v) is 4.17. The zero-order valence-electron chi connectivity index (χ0n) is 11.4. The Labute approximate surface area is 118 Å². The van der Waals surface area contributed by atoms with Gasteiger partial charge in [-0.2, -0.15) is 0 Å². The highest BCUT2D eigenvalue weighted by Crippen LogP contribution is 2.03. The molecule has 1 aromatic heterocycles. The number of amidine groups is 1. The van der Waals surface area contributed by atoms with Crippen molar-refractivity contribution in [2.75, 3.05) is 5.75 Å². The molecule has 0 aliphatic rings. The van der Waals surface area contributed by atoms with Crippen LogP contribution in [0.2, 0.25) is 0 Å². The molecule has 112 valence electrons. The number of nitrogens with zero attached hydrogens (tertiary/aromatic N) is 2. The van der Waals surface area contributed by atoms with Crippen LogP contribution < -0.4 is 10.5 Å². The van der Waals surface area contributed by atoms with Gasteiger partial charge in [0.25, 0.3) is 0 Å². The number of nitrogens with two attached hydrogens (primary N) is 1. The first-order valence-electron chi connectivity index (χ1n) is 6.35. The Morgan fingerprint density at radius 1 is 1.50 bits per heavy atom. The molecule has 0 bridgehead atoms. The van der Waals surface area contributed by atoms with Crippen LogP contribution in [0.4, 0.5) is 0 Å². The average molecular weight is 300 g/mol. The summed E-state index contributed by atoms with van der Waals surface area (Å²) in [5.41, 5.74) is 6.37. The van der Waals surface area contributed by atoms with E-state index in [1.807, 2.05) is 6.92 Å². The molecule has 1 aromatic rings. The molecule has 0 aliphatic heterocycles. The van der Waals surface area contributed by atoms with Gasteiger partial charge in [-0.05, 0) is 30.5 Å². The Balaban J connectivity index is 2.63. The zero-order valence-corrected chi connectivity index (χ0v) is 12.2. The quantitative estimate of drug-likeness (QED) is 0.279. The second kappa shape index (κ2) is 7.81. The predicted octanol–water partition coefficient (Wildman–Crippen LogP) is 0.459. The van der Waals surface area contributed by atoms with Crippen molar-refractivity contribution in [3.05, 3.63) is 30.1 Å². The molecule has 0 spiro atoms. The first kappa shape index (κ1) is 16.4. The summed E-state index contributed by atoms with van der Waals surface area (Å²) in [6, 6.07) is 2.86. The second-order valence-electron chi connectivity index (χ2n) is 4.41. The number of rotatable bonds is 8. The maximum absolute atomic E-state index is 12.0. The number of pyridine rings is 1. The van der Waals surface area contributed by atoms with E-state index in [2.05, 4.69) is 14.9 Å². The van der Waals surface area contributed by atoms with E-state index in [9.17, 15) is 8.42 Å². The number of sulfonamides is 1. The van der Waals surface area contributed by atoms with Crippen molar-refractivity contribution >= 4 is 15.9 Å². The van der Waals surface area contributed by atoms with Crippen LogP contribution >= 0.6 is 0 Å². The van der Waals surface area contributed by atoms with Gasteiger partial charge in [0.05, 0.1) is 11.8 Å². The van der Waals surface area contributed by atoms with Crippen molar-refractivity contribution in [2.45, 2.75) is 32.2 Å². The third-order valence-electron chi connectivity index (χ3n) is 2.78. The lowest BCUT2D eigenvalue weighted by Crippen LogP contribution is -2.45. The Kier molecular flexibility index (Phi) is 6.40. The molecular weight excluding hydrogens is 280 g/mol. The van der Waals surface area contributed by atoms with Gasteiger partial charge in [-0.25, -0.2) is 13.1 Å². The molecule has 1 unspecified atom stereocenters. The molecule has 0 radical (unpaired) electrons. The fourth-order valence-electron chi connectivity index (χ4n) is 1.70. The van der Waals surface area contributed by atoms with Crippen LogP contribution in [-0.2, 0) is 16.4 Å². The molecule has 0 saturated carbocycles. The Hall–Kier alpha value is -1.67. The van der Waals surface area contributed by atoms with Crippen molar-refractivity contribution in [1.29, 1.82) is 0 Å². The number of nitrogens with one attached hydrogen (secondary N) is 1. The molecule has 7 nitrogen and oxygen atoms in total. The fraction of sp³-hybridized carbons (Fsp3) is 0.500. The van der Waals surface area contributed by atoms with Gasteiger partial charge in [-0.15, -0.1) is 0 Å². The minimum atomic E-state index is -3.50. The second-order valence-corrected chi connectivity index (χ2v) is 6.28. The lowest BCUT2D eigenvalue weighted by atomic mass is 10.2. The summed E-state index contributed by atoms with van der Waals surface area (Å²) in [6.07, 6.45) is 4.81. The van der Waals surface area contributed by atoms with Crippen LogP contribution in [0.3, 0.4) is 0 Å². The van der Waals surface area contributed by atoms with Crippen molar-refractivity contribution in [3.63, 3.8) is 0 Å². The molecule has 1 atom stereocenters. The van der Waals surface area contributed by atoms with Crippen molar-refractivity contribution in [1.82, 2.24) is 9.71 Å². The summed E-state index contributed by atoms with van der Waals surface area (Å²) < 4.78 is 26.4. The number of hydrogen-bond acceptors (Lipinski definition) is 5. The molecule has 0 fully saturated rings. The van der Waals surface area contributed by atoms with E-state index in [1.165, 1.54) is 0 Å². The van der Waals surface area contributed by atoms with Crippen molar-refractivity contribution < 1.29 is 13.6 Å². The lowest BCUT2D eigenvalue weighted by Gasteiger charge is -2.16. The zero-order chi connectivity index (χ0) is 15.0. The van der Waals surface area contributed by atoms with Crippen LogP contribution in [-0.4, -0.2) is 36.2 Å². The standard InChI is InChI=1S/C12H20N4O3S/c1-2-3-11(12(13)15-17)16-20(18,19)9-6-10-4-7-14-8-5-10/h4-5,7-8,11,16-17H,2-3,6,9H2,1H3,(H2,13,15). The van der Waals surface area contributed by atoms with Gasteiger partial charge in [0.15, 0.2) is 5.84 Å². The first-order chi connectivity index (χ1) is 9.48. The summed E-state index contributed by atoms with van der Waals surface area (Å²) in [7, 11) is -3.50. The van der Waals surface area contributed by atoms with Crippen LogP contribution in [0, 0.1) is 0 Å². The largest absolute Gasteiger partial charge is 0.409 e. The maximum Gasteiger partial charge on any atom is 0.212 e. The van der Waals surface area contributed by atoms with Gasteiger partial charge in [0, 0.05) is 12.4 Å². The van der Waals surface area contributed by atoms with E-state index >= 15 is 0 Å². The number of aryl methyl sites for hydroxylation is 1. The molecule has 0 aliphatic carbocycles. The number of hydrogen-bond donors (Lipinski definition) is 3. The van der Waals surface area contributed by atoms with Crippen LogP contribution in [0.1, 0.15) is 25.3 Å². The van der Waals surface area contributed by atoms with Gasteiger partial charge in [0.1, 0.15) is 0 Å². The molecule has 20 heavy (non-hydrogen) atoms. The molecule has 0 aromatic carbocycles. The predicted molar refractivity (Wildman–Crippen MR) is 77.0 cm³/mol.